The molecule has 2 N–H and O–H groups in total. The summed E-state index contributed by atoms with van der Waals surface area (Å²) >= 11 is 0. The second-order valence-electron chi connectivity index (χ2n) is 5.21. The van der Waals surface area contributed by atoms with Crippen LogP contribution in [0.25, 0.3) is 0 Å². The molecule has 18 heavy (non-hydrogen) atoms. The van der Waals surface area contributed by atoms with Crippen molar-refractivity contribution in [3.63, 3.8) is 0 Å². The van der Waals surface area contributed by atoms with E-state index in [-0.39, 0.29) is 11.9 Å². The van der Waals surface area contributed by atoms with Crippen LogP contribution >= 0.6 is 0 Å². The van der Waals surface area contributed by atoms with Crippen LogP contribution in [0.3, 0.4) is 0 Å². The minimum Gasteiger partial charge on any atom is -0.355 e. The van der Waals surface area contributed by atoms with E-state index in [0.717, 1.165) is 39.0 Å². The van der Waals surface area contributed by atoms with Crippen molar-refractivity contribution >= 4 is 5.91 Å². The number of nitrogens with zero attached hydrogens (tertiary/aromatic N) is 1. The van der Waals surface area contributed by atoms with E-state index in [1.165, 1.54) is 12.8 Å². The van der Waals surface area contributed by atoms with Crippen molar-refractivity contribution in [2.75, 3.05) is 26.2 Å². The maximum atomic E-state index is 12.0. The Hall–Kier alpha value is -0.610. The Balaban J connectivity index is 2.35. The zero-order chi connectivity index (χ0) is 13.4. The van der Waals surface area contributed by atoms with E-state index in [2.05, 4.69) is 29.4 Å². The Morgan fingerprint density at radius 2 is 2.22 bits per heavy atom. The number of rotatable bonds is 7. The highest BCUT2D eigenvalue weighted by Crippen LogP contribution is 2.13. The molecule has 2 unspecified atom stereocenters. The zero-order valence-corrected chi connectivity index (χ0v) is 12.2. The number of nitrogens with one attached hydrogen (secondary N) is 2. The maximum Gasteiger partial charge on any atom is 0.237 e. The minimum atomic E-state index is 0.00307. The van der Waals surface area contributed by atoms with Crippen LogP contribution in [-0.4, -0.2) is 49.1 Å². The van der Waals surface area contributed by atoms with Crippen molar-refractivity contribution in [3.05, 3.63) is 0 Å². The van der Waals surface area contributed by atoms with Crippen molar-refractivity contribution in [2.24, 2.45) is 0 Å². The number of amides is 1. The lowest BCUT2D eigenvalue weighted by Gasteiger charge is -2.36. The Labute approximate surface area is 111 Å². The van der Waals surface area contributed by atoms with Crippen molar-refractivity contribution < 1.29 is 4.79 Å². The van der Waals surface area contributed by atoms with Crippen LogP contribution in [0.5, 0.6) is 0 Å². The first-order chi connectivity index (χ1) is 8.69. The lowest BCUT2D eigenvalue weighted by atomic mass is 10.0. The molecule has 1 fully saturated rings. The molecule has 0 aromatic carbocycles. The standard InChI is InChI=1S/C14H29N3O/c1-4-6-9-16-14(18)12(3)17-10-7-8-13(11-17)15-5-2/h12-13,15H,4-11H2,1-3H3,(H,16,18). The first-order valence-corrected chi connectivity index (χ1v) is 7.44. The summed E-state index contributed by atoms with van der Waals surface area (Å²) in [4.78, 5) is 14.3. The van der Waals surface area contributed by atoms with Gasteiger partial charge >= 0.3 is 0 Å². The van der Waals surface area contributed by atoms with Crippen LogP contribution in [0.2, 0.25) is 0 Å². The largest absolute Gasteiger partial charge is 0.355 e. The van der Waals surface area contributed by atoms with Crippen LogP contribution in [0, 0.1) is 0 Å². The highest BCUT2D eigenvalue weighted by atomic mass is 16.2. The SMILES string of the molecule is CCCCNC(=O)C(C)N1CCCC(NCC)C1. The lowest BCUT2D eigenvalue weighted by Crippen LogP contribution is -2.53. The molecule has 1 heterocycles. The molecule has 0 aromatic rings. The Morgan fingerprint density at radius 1 is 1.44 bits per heavy atom. The third-order valence-corrected chi connectivity index (χ3v) is 3.70. The van der Waals surface area contributed by atoms with E-state index in [1.54, 1.807) is 0 Å². The number of carbonyl (C=O) groups excluding carboxylic acids is 1. The van der Waals surface area contributed by atoms with Crippen LogP contribution < -0.4 is 10.6 Å². The number of hydrogen-bond donors (Lipinski definition) is 2. The van der Waals surface area contributed by atoms with Crippen molar-refractivity contribution in [3.8, 4) is 0 Å². The van der Waals surface area contributed by atoms with Crippen LogP contribution in [0.4, 0.5) is 0 Å². The van der Waals surface area contributed by atoms with Crippen molar-refractivity contribution in [2.45, 2.75) is 58.5 Å². The molecule has 4 nitrogen and oxygen atoms in total. The first-order valence-electron chi connectivity index (χ1n) is 7.44. The van der Waals surface area contributed by atoms with E-state index in [9.17, 15) is 4.79 Å². The second kappa shape index (κ2) is 8.48. The average Bonchev–Trinajstić information content (AvgIpc) is 2.39. The van der Waals surface area contributed by atoms with Crippen LogP contribution in [0.15, 0.2) is 0 Å². The molecule has 0 radical (unpaired) electrons. The van der Waals surface area contributed by atoms with Gasteiger partial charge in [0.15, 0.2) is 0 Å². The highest BCUT2D eigenvalue weighted by Gasteiger charge is 2.26. The summed E-state index contributed by atoms with van der Waals surface area (Å²) in [6.07, 6.45) is 4.61. The molecular weight excluding hydrogens is 226 g/mol. The van der Waals surface area contributed by atoms with Gasteiger partial charge in [0.05, 0.1) is 6.04 Å². The maximum absolute atomic E-state index is 12.0. The second-order valence-corrected chi connectivity index (χ2v) is 5.21. The molecule has 1 amide bonds. The number of likely N-dealkylation sites (N-methyl/N-ethyl adjacent to an activating group) is 1. The Morgan fingerprint density at radius 3 is 2.89 bits per heavy atom. The molecule has 0 aliphatic carbocycles. The van der Waals surface area contributed by atoms with Gasteiger partial charge in [-0.05, 0) is 39.3 Å². The molecule has 1 saturated heterocycles. The first kappa shape index (κ1) is 15.4. The molecule has 1 aliphatic heterocycles. The molecule has 1 rings (SSSR count). The third kappa shape index (κ3) is 4.94. The summed E-state index contributed by atoms with van der Waals surface area (Å²) in [6, 6.07) is 0.554. The van der Waals surface area contributed by atoms with Crippen LogP contribution in [0.1, 0.15) is 46.5 Å². The molecule has 0 saturated carbocycles. The molecule has 4 heteroatoms. The molecule has 1 aliphatic rings. The molecular formula is C14H29N3O. The van der Waals surface area contributed by atoms with Crippen LogP contribution in [-0.2, 0) is 4.79 Å². The van der Waals surface area contributed by atoms with E-state index in [1.807, 2.05) is 6.92 Å². The fraction of sp³-hybridized carbons (Fsp3) is 0.929. The van der Waals surface area contributed by atoms with Gasteiger partial charge < -0.3 is 10.6 Å². The van der Waals surface area contributed by atoms with Crippen molar-refractivity contribution in [1.82, 2.24) is 15.5 Å². The Kier molecular flexibility index (Phi) is 7.28. The number of hydrogen-bond acceptors (Lipinski definition) is 3. The predicted octanol–water partition coefficient (Wildman–Crippen LogP) is 1.37. The monoisotopic (exact) mass is 255 g/mol. The molecule has 0 bridgehead atoms. The van der Waals surface area contributed by atoms with Gasteiger partial charge in [-0.1, -0.05) is 20.3 Å². The van der Waals surface area contributed by atoms with E-state index < -0.39 is 0 Å². The van der Waals surface area contributed by atoms with Crippen molar-refractivity contribution in [1.29, 1.82) is 0 Å². The number of unbranched alkanes of at least 4 members (excludes halogenated alkanes) is 1. The summed E-state index contributed by atoms with van der Waals surface area (Å²) in [6.45, 7) is 10.2. The number of likely N-dealkylation sites (tertiary alicyclic amines) is 1. The summed E-state index contributed by atoms with van der Waals surface area (Å²) in [5.74, 6) is 0.181. The Bertz CT molecular complexity index is 243. The summed E-state index contributed by atoms with van der Waals surface area (Å²) in [5, 5.41) is 6.51. The smallest absolute Gasteiger partial charge is 0.237 e. The number of piperidine rings is 1. The van der Waals surface area contributed by atoms with Gasteiger partial charge in [0, 0.05) is 19.1 Å². The van der Waals surface area contributed by atoms with E-state index >= 15 is 0 Å². The van der Waals surface area contributed by atoms with E-state index in [4.69, 9.17) is 0 Å². The topological polar surface area (TPSA) is 44.4 Å². The van der Waals surface area contributed by atoms with Gasteiger partial charge in [0.1, 0.15) is 0 Å². The predicted molar refractivity (Wildman–Crippen MR) is 75.7 cm³/mol. The fourth-order valence-corrected chi connectivity index (χ4v) is 2.52. The molecule has 0 aromatic heterocycles. The molecule has 0 spiro atoms. The summed E-state index contributed by atoms with van der Waals surface area (Å²) in [5.41, 5.74) is 0. The summed E-state index contributed by atoms with van der Waals surface area (Å²) < 4.78 is 0. The number of carbonyl (C=O) groups is 1. The van der Waals surface area contributed by atoms with Gasteiger partial charge in [-0.3, -0.25) is 9.69 Å². The van der Waals surface area contributed by atoms with Gasteiger partial charge in [-0.25, -0.2) is 0 Å². The fourth-order valence-electron chi connectivity index (χ4n) is 2.52. The molecule has 2 atom stereocenters. The van der Waals surface area contributed by atoms with Gasteiger partial charge in [-0.2, -0.15) is 0 Å². The molecule has 106 valence electrons. The van der Waals surface area contributed by atoms with Gasteiger partial charge in [0.2, 0.25) is 5.91 Å². The van der Waals surface area contributed by atoms with Gasteiger partial charge in [-0.15, -0.1) is 0 Å². The summed E-state index contributed by atoms with van der Waals surface area (Å²) in [7, 11) is 0. The minimum absolute atomic E-state index is 0.00307. The third-order valence-electron chi connectivity index (χ3n) is 3.70. The zero-order valence-electron chi connectivity index (χ0n) is 12.2. The van der Waals surface area contributed by atoms with E-state index in [0.29, 0.717) is 6.04 Å². The quantitative estimate of drug-likeness (QED) is 0.675. The lowest BCUT2D eigenvalue weighted by molar-refractivity contribution is -0.126. The van der Waals surface area contributed by atoms with Gasteiger partial charge in [0.25, 0.3) is 0 Å². The average molecular weight is 255 g/mol. The normalized spacial score (nSPS) is 22.7. The highest BCUT2D eigenvalue weighted by molar-refractivity contribution is 5.81.